The van der Waals surface area contributed by atoms with E-state index in [9.17, 15) is 4.79 Å². The van der Waals surface area contributed by atoms with Gasteiger partial charge in [0.1, 0.15) is 6.61 Å². The lowest BCUT2D eigenvalue weighted by Crippen LogP contribution is -2.33. The quantitative estimate of drug-likeness (QED) is 0.393. The van der Waals surface area contributed by atoms with Crippen molar-refractivity contribution in [2.45, 2.75) is 77.9 Å². The average molecular weight is 381 g/mol. The molecule has 2 aliphatic rings. The molecule has 0 aromatic heterocycles. The second-order valence-electron chi connectivity index (χ2n) is 7.42. The molecule has 1 aliphatic heterocycles. The summed E-state index contributed by atoms with van der Waals surface area (Å²) in [5, 5.41) is 4.97. The van der Waals surface area contributed by atoms with E-state index in [1.54, 1.807) is 0 Å². The second kappa shape index (κ2) is 11.0. The standard InChI is InChI=1S/C21H36N2O2S/c1-5-10-18(22-25-6-2)21-19(23-11-8-9-12-23)14-17(15-20(21)24)13-16(4)26-7-3/h16-17H,5-15H2,1-4H3/b22-18-/t16-,17-/m1/s1. The Labute approximate surface area is 163 Å². The highest BCUT2D eigenvalue weighted by molar-refractivity contribution is 7.99. The average Bonchev–Trinajstić information content (AvgIpc) is 3.13. The van der Waals surface area contributed by atoms with E-state index in [1.165, 1.54) is 18.5 Å². The number of rotatable bonds is 10. The minimum absolute atomic E-state index is 0.281. The number of carbonyl (C=O) groups is 1. The molecule has 2 rings (SSSR count). The van der Waals surface area contributed by atoms with Crippen molar-refractivity contribution in [2.24, 2.45) is 11.1 Å². The monoisotopic (exact) mass is 380 g/mol. The van der Waals surface area contributed by atoms with E-state index in [0.717, 1.165) is 55.8 Å². The van der Waals surface area contributed by atoms with Gasteiger partial charge in [0.25, 0.3) is 0 Å². The molecule has 2 atom stereocenters. The number of ketones is 1. The molecule has 148 valence electrons. The molecule has 1 fully saturated rings. The molecular weight excluding hydrogens is 344 g/mol. The number of Topliss-reactive ketones (excluding diaryl/α,β-unsaturated/α-hetero) is 1. The summed E-state index contributed by atoms with van der Waals surface area (Å²) < 4.78 is 0. The second-order valence-corrected chi connectivity index (χ2v) is 9.14. The van der Waals surface area contributed by atoms with Gasteiger partial charge in [-0.05, 0) is 50.7 Å². The Bertz CT molecular complexity index is 524. The molecule has 0 aromatic rings. The summed E-state index contributed by atoms with van der Waals surface area (Å²) in [6.07, 6.45) is 7.04. The summed E-state index contributed by atoms with van der Waals surface area (Å²) >= 11 is 2.00. The molecule has 1 heterocycles. The van der Waals surface area contributed by atoms with Crippen LogP contribution in [0, 0.1) is 5.92 Å². The van der Waals surface area contributed by atoms with Crippen molar-refractivity contribution in [3.8, 4) is 0 Å². The van der Waals surface area contributed by atoms with Crippen molar-refractivity contribution in [2.75, 3.05) is 25.4 Å². The van der Waals surface area contributed by atoms with Crippen LogP contribution in [0.4, 0.5) is 0 Å². The van der Waals surface area contributed by atoms with E-state index >= 15 is 0 Å². The first-order chi connectivity index (χ1) is 12.6. The molecule has 0 saturated carbocycles. The number of nitrogens with zero attached hydrogens (tertiary/aromatic N) is 2. The van der Waals surface area contributed by atoms with Crippen LogP contribution in [0.1, 0.15) is 72.6 Å². The first-order valence-corrected chi connectivity index (χ1v) is 11.5. The molecule has 0 bridgehead atoms. The van der Waals surface area contributed by atoms with Crippen LogP contribution >= 0.6 is 11.8 Å². The van der Waals surface area contributed by atoms with Crippen LogP contribution in [0.25, 0.3) is 0 Å². The molecule has 1 saturated heterocycles. The molecule has 0 amide bonds. The summed E-state index contributed by atoms with van der Waals surface area (Å²) in [6.45, 7) is 11.3. The number of allylic oxidation sites excluding steroid dienone is 2. The lowest BCUT2D eigenvalue weighted by molar-refractivity contribution is -0.116. The Hall–Kier alpha value is -0.970. The van der Waals surface area contributed by atoms with E-state index in [2.05, 4.69) is 30.8 Å². The molecule has 0 aromatic carbocycles. The third-order valence-corrected chi connectivity index (χ3v) is 6.30. The van der Waals surface area contributed by atoms with E-state index in [-0.39, 0.29) is 5.78 Å². The fourth-order valence-corrected chi connectivity index (χ4v) is 5.14. The highest BCUT2D eigenvalue weighted by Gasteiger charge is 2.34. The third kappa shape index (κ3) is 5.77. The summed E-state index contributed by atoms with van der Waals surface area (Å²) in [6, 6.07) is 0. The van der Waals surface area contributed by atoms with Crippen molar-refractivity contribution in [1.29, 1.82) is 0 Å². The SMILES string of the molecule is CCC/C(=N/OCC)C1=C(N2CCCC2)C[C@@H](C[C@@H](C)SCC)CC1=O. The minimum atomic E-state index is 0.281. The van der Waals surface area contributed by atoms with E-state index in [1.807, 2.05) is 18.7 Å². The predicted molar refractivity (Wildman–Crippen MR) is 112 cm³/mol. The van der Waals surface area contributed by atoms with Gasteiger partial charge >= 0.3 is 0 Å². The maximum atomic E-state index is 13.2. The van der Waals surface area contributed by atoms with E-state index < -0.39 is 0 Å². The number of hydrogen-bond acceptors (Lipinski definition) is 5. The molecule has 4 nitrogen and oxygen atoms in total. The van der Waals surface area contributed by atoms with Crippen molar-refractivity contribution in [1.82, 2.24) is 4.90 Å². The highest BCUT2D eigenvalue weighted by Crippen LogP contribution is 2.36. The van der Waals surface area contributed by atoms with Crippen molar-refractivity contribution in [3.63, 3.8) is 0 Å². The Balaban J connectivity index is 2.30. The Kier molecular flexibility index (Phi) is 9.03. The van der Waals surface area contributed by atoms with Crippen LogP contribution in [-0.2, 0) is 9.63 Å². The van der Waals surface area contributed by atoms with Crippen LogP contribution in [0.2, 0.25) is 0 Å². The normalized spacial score (nSPS) is 22.9. The number of oxime groups is 1. The van der Waals surface area contributed by atoms with Gasteiger partial charge in [-0.15, -0.1) is 0 Å². The molecular formula is C21H36N2O2S. The maximum Gasteiger partial charge on any atom is 0.166 e. The van der Waals surface area contributed by atoms with Crippen LogP contribution in [0.15, 0.2) is 16.4 Å². The fraction of sp³-hybridized carbons (Fsp3) is 0.810. The van der Waals surface area contributed by atoms with Crippen LogP contribution in [0.3, 0.4) is 0 Å². The molecule has 26 heavy (non-hydrogen) atoms. The number of likely N-dealkylation sites (tertiary alicyclic amines) is 1. The molecule has 0 spiro atoms. The maximum absolute atomic E-state index is 13.2. The Morgan fingerprint density at radius 2 is 2.00 bits per heavy atom. The summed E-state index contributed by atoms with van der Waals surface area (Å²) in [4.78, 5) is 21.0. The zero-order valence-electron chi connectivity index (χ0n) is 17.1. The third-order valence-electron chi connectivity index (χ3n) is 5.21. The van der Waals surface area contributed by atoms with Gasteiger partial charge in [0, 0.05) is 30.5 Å². The predicted octanol–water partition coefficient (Wildman–Crippen LogP) is 5.04. The largest absolute Gasteiger partial charge is 0.396 e. The first kappa shape index (κ1) is 21.3. The minimum Gasteiger partial charge on any atom is -0.396 e. The number of thioether (sulfide) groups is 1. The molecule has 1 aliphatic carbocycles. The molecule has 0 N–H and O–H groups in total. The molecule has 0 unspecified atom stereocenters. The topological polar surface area (TPSA) is 41.9 Å². The van der Waals surface area contributed by atoms with Crippen LogP contribution < -0.4 is 0 Å². The fourth-order valence-electron chi connectivity index (χ4n) is 4.16. The Morgan fingerprint density at radius 1 is 1.27 bits per heavy atom. The van der Waals surface area contributed by atoms with Crippen molar-refractivity contribution >= 4 is 23.3 Å². The summed E-state index contributed by atoms with van der Waals surface area (Å²) in [5.41, 5.74) is 3.01. The van der Waals surface area contributed by atoms with Crippen LogP contribution in [-0.4, -0.2) is 47.1 Å². The molecule has 0 radical (unpaired) electrons. The van der Waals surface area contributed by atoms with Crippen molar-refractivity contribution < 1.29 is 9.63 Å². The Morgan fingerprint density at radius 3 is 2.62 bits per heavy atom. The zero-order valence-corrected chi connectivity index (χ0v) is 17.9. The first-order valence-electron chi connectivity index (χ1n) is 10.4. The van der Waals surface area contributed by atoms with Gasteiger partial charge in [-0.2, -0.15) is 11.8 Å². The lowest BCUT2D eigenvalue weighted by Gasteiger charge is -2.33. The smallest absolute Gasteiger partial charge is 0.166 e. The van der Waals surface area contributed by atoms with Gasteiger partial charge in [0.05, 0.1) is 11.3 Å². The van der Waals surface area contributed by atoms with Gasteiger partial charge in [-0.25, -0.2) is 0 Å². The zero-order chi connectivity index (χ0) is 18.9. The highest BCUT2D eigenvalue weighted by atomic mass is 32.2. The van der Waals surface area contributed by atoms with Gasteiger partial charge in [0.15, 0.2) is 5.78 Å². The number of hydrogen-bond donors (Lipinski definition) is 0. The van der Waals surface area contributed by atoms with E-state index in [4.69, 9.17) is 4.84 Å². The van der Waals surface area contributed by atoms with Gasteiger partial charge in [-0.3, -0.25) is 4.79 Å². The van der Waals surface area contributed by atoms with E-state index in [0.29, 0.717) is 24.2 Å². The lowest BCUT2D eigenvalue weighted by atomic mass is 9.81. The molecule has 5 heteroatoms. The van der Waals surface area contributed by atoms with Gasteiger partial charge < -0.3 is 9.74 Å². The van der Waals surface area contributed by atoms with Gasteiger partial charge in [-0.1, -0.05) is 32.3 Å². The summed E-state index contributed by atoms with van der Waals surface area (Å²) in [7, 11) is 0. The van der Waals surface area contributed by atoms with Crippen molar-refractivity contribution in [3.05, 3.63) is 11.3 Å². The summed E-state index contributed by atoms with van der Waals surface area (Å²) in [5.74, 6) is 1.89. The number of carbonyl (C=O) groups excluding carboxylic acids is 1. The van der Waals surface area contributed by atoms with Crippen LogP contribution in [0.5, 0.6) is 0 Å². The van der Waals surface area contributed by atoms with Gasteiger partial charge in [0.2, 0.25) is 0 Å².